The Morgan fingerprint density at radius 3 is 2.76 bits per heavy atom. The van der Waals surface area contributed by atoms with Crippen molar-refractivity contribution in [2.75, 3.05) is 7.11 Å². The smallest absolute Gasteiger partial charge is 0.400 e. The monoisotopic (exact) mass is 341 g/mol. The third-order valence-electron chi connectivity index (χ3n) is 4.39. The van der Waals surface area contributed by atoms with Gasteiger partial charge < -0.3 is 19.9 Å². The summed E-state index contributed by atoms with van der Waals surface area (Å²) in [7, 11) is 1.45. The molecule has 2 N–H and O–H groups in total. The molecule has 0 aliphatic heterocycles. The molecule has 0 amide bonds. The molecule has 3 aromatic rings. The van der Waals surface area contributed by atoms with Gasteiger partial charge in [-0.3, -0.25) is 4.79 Å². The van der Waals surface area contributed by atoms with Crippen LogP contribution in [0.2, 0.25) is 0 Å². The van der Waals surface area contributed by atoms with E-state index in [-0.39, 0.29) is 23.1 Å². The molecule has 0 unspecified atom stereocenters. The lowest BCUT2D eigenvalue weighted by Crippen LogP contribution is -2.43. The lowest BCUT2D eigenvalue weighted by atomic mass is 10.1. The number of rotatable bonds is 5. The second-order valence-electron chi connectivity index (χ2n) is 6.77. The Labute approximate surface area is 146 Å². The maximum Gasteiger partial charge on any atom is 0.400 e. The van der Waals surface area contributed by atoms with Crippen LogP contribution in [0.4, 0.5) is 0 Å². The summed E-state index contributed by atoms with van der Waals surface area (Å²) in [6, 6.07) is 6.06. The number of nitrogens with one attached hydrogen (secondary N) is 2. The molecule has 0 spiro atoms. The fourth-order valence-electron chi connectivity index (χ4n) is 3.19. The van der Waals surface area contributed by atoms with Crippen LogP contribution in [0.5, 0.6) is 5.88 Å². The first kappa shape index (κ1) is 17.1. The van der Waals surface area contributed by atoms with Crippen LogP contribution >= 0.6 is 0 Å². The number of aromatic nitrogens is 3. The summed E-state index contributed by atoms with van der Waals surface area (Å²) >= 11 is 0. The minimum atomic E-state index is -0.351. The molecule has 0 saturated heterocycles. The Morgan fingerprint density at radius 1 is 1.32 bits per heavy atom. The van der Waals surface area contributed by atoms with Gasteiger partial charge in [0.1, 0.15) is 5.69 Å². The van der Waals surface area contributed by atoms with Gasteiger partial charge in [0.15, 0.2) is 0 Å². The summed E-state index contributed by atoms with van der Waals surface area (Å²) < 4.78 is 5.94. The van der Waals surface area contributed by atoms with Crippen LogP contribution in [0, 0.1) is 18.0 Å². The van der Waals surface area contributed by atoms with Crippen molar-refractivity contribution in [3.05, 3.63) is 62.5 Å². The molecular formula is C19H23N3O3. The summed E-state index contributed by atoms with van der Waals surface area (Å²) in [5.41, 5.74) is 3.53. The van der Waals surface area contributed by atoms with Crippen LogP contribution in [0.25, 0.3) is 10.9 Å². The van der Waals surface area contributed by atoms with Gasteiger partial charge in [-0.2, -0.15) is 0 Å². The van der Waals surface area contributed by atoms with Crippen molar-refractivity contribution in [2.45, 2.75) is 33.6 Å². The van der Waals surface area contributed by atoms with E-state index in [1.165, 1.54) is 7.11 Å². The highest BCUT2D eigenvalue weighted by molar-refractivity contribution is 5.86. The SMILES string of the molecule is COc1c(Cc2c[nH]c3c(C)cccc23)[nH]c(=O)c(CC(C)C)[n+]1[O-]. The molecule has 1 aromatic carbocycles. The van der Waals surface area contributed by atoms with Crippen molar-refractivity contribution in [1.29, 1.82) is 0 Å². The first-order valence-corrected chi connectivity index (χ1v) is 8.39. The highest BCUT2D eigenvalue weighted by atomic mass is 16.5. The normalized spacial score (nSPS) is 11.4. The van der Waals surface area contributed by atoms with Gasteiger partial charge in [0, 0.05) is 29.9 Å². The molecule has 3 rings (SSSR count). The number of hydrogen-bond acceptors (Lipinski definition) is 3. The van der Waals surface area contributed by atoms with E-state index in [1.807, 2.05) is 45.2 Å². The first-order chi connectivity index (χ1) is 11.9. The molecule has 0 aliphatic rings. The van der Waals surface area contributed by atoms with Crippen LogP contribution in [0.15, 0.2) is 29.2 Å². The minimum absolute atomic E-state index is 0.150. The minimum Gasteiger partial charge on any atom is -0.616 e. The van der Waals surface area contributed by atoms with Gasteiger partial charge in [0.05, 0.1) is 7.11 Å². The lowest BCUT2D eigenvalue weighted by molar-refractivity contribution is -0.622. The van der Waals surface area contributed by atoms with Crippen molar-refractivity contribution < 1.29 is 9.47 Å². The Bertz CT molecular complexity index is 970. The number of aryl methyl sites for hydroxylation is 1. The molecule has 0 saturated carbocycles. The van der Waals surface area contributed by atoms with Gasteiger partial charge in [-0.1, -0.05) is 32.0 Å². The number of para-hydroxylation sites is 1. The van der Waals surface area contributed by atoms with Crippen LogP contribution in [-0.2, 0) is 12.8 Å². The predicted octanol–water partition coefficient (Wildman–Crippen LogP) is 2.60. The number of ether oxygens (including phenoxy) is 1. The first-order valence-electron chi connectivity index (χ1n) is 8.39. The summed E-state index contributed by atoms with van der Waals surface area (Å²) in [6.07, 6.45) is 2.72. The molecule has 0 fully saturated rings. The summed E-state index contributed by atoms with van der Waals surface area (Å²) in [5.74, 6) is 0.353. The molecule has 6 heteroatoms. The molecule has 0 aliphatic carbocycles. The second kappa shape index (κ2) is 6.63. The predicted molar refractivity (Wildman–Crippen MR) is 97.0 cm³/mol. The van der Waals surface area contributed by atoms with Gasteiger partial charge in [-0.05, 0) is 24.0 Å². The lowest BCUT2D eigenvalue weighted by Gasteiger charge is -2.12. The standard InChI is InChI=1S/C19H23N3O3/c1-11(2)8-16-18(23)21-15(19(25-4)22(16)24)9-13-10-20-17-12(3)6-5-7-14(13)17/h5-7,10-11,20H,8-9H2,1-4H3,(H,21,23). The van der Waals surface area contributed by atoms with E-state index in [1.54, 1.807) is 0 Å². The molecule has 0 bridgehead atoms. The number of fused-ring (bicyclic) bond motifs is 1. The van der Waals surface area contributed by atoms with Gasteiger partial charge in [0.2, 0.25) is 0 Å². The van der Waals surface area contributed by atoms with Gasteiger partial charge in [-0.15, -0.1) is 4.73 Å². The van der Waals surface area contributed by atoms with Crippen LogP contribution in [0.1, 0.15) is 36.4 Å². The van der Waals surface area contributed by atoms with E-state index in [2.05, 4.69) is 9.97 Å². The fourth-order valence-corrected chi connectivity index (χ4v) is 3.19. The summed E-state index contributed by atoms with van der Waals surface area (Å²) in [6.45, 7) is 5.97. The molecule has 132 valence electrons. The summed E-state index contributed by atoms with van der Waals surface area (Å²) in [5, 5.41) is 13.7. The Hall–Kier alpha value is -2.76. The number of aromatic amines is 2. The highest BCUT2D eigenvalue weighted by Gasteiger charge is 2.24. The molecule has 0 radical (unpaired) electrons. The third-order valence-corrected chi connectivity index (χ3v) is 4.39. The second-order valence-corrected chi connectivity index (χ2v) is 6.77. The van der Waals surface area contributed by atoms with E-state index >= 15 is 0 Å². The van der Waals surface area contributed by atoms with E-state index in [0.717, 1.165) is 22.0 Å². The molecule has 2 aromatic heterocycles. The van der Waals surface area contributed by atoms with Gasteiger partial charge in [0.25, 0.3) is 5.69 Å². The largest absolute Gasteiger partial charge is 0.616 e. The van der Waals surface area contributed by atoms with Crippen molar-refractivity contribution in [1.82, 2.24) is 9.97 Å². The van der Waals surface area contributed by atoms with Crippen LogP contribution in [-0.4, -0.2) is 17.1 Å². The van der Waals surface area contributed by atoms with E-state index in [4.69, 9.17) is 4.74 Å². The number of H-pyrrole nitrogens is 2. The molecule has 2 heterocycles. The van der Waals surface area contributed by atoms with Crippen molar-refractivity contribution >= 4 is 10.9 Å². The topological polar surface area (TPSA) is 84.8 Å². The van der Waals surface area contributed by atoms with Crippen LogP contribution < -0.4 is 15.0 Å². The zero-order valence-electron chi connectivity index (χ0n) is 15.0. The Kier molecular flexibility index (Phi) is 4.53. The molecular weight excluding hydrogens is 318 g/mol. The molecule has 25 heavy (non-hydrogen) atoms. The summed E-state index contributed by atoms with van der Waals surface area (Å²) in [4.78, 5) is 18.5. The van der Waals surface area contributed by atoms with Crippen molar-refractivity contribution in [3.63, 3.8) is 0 Å². The number of hydrogen-bond donors (Lipinski definition) is 2. The van der Waals surface area contributed by atoms with Gasteiger partial charge >= 0.3 is 11.4 Å². The Morgan fingerprint density at radius 2 is 2.08 bits per heavy atom. The average molecular weight is 341 g/mol. The third kappa shape index (κ3) is 3.12. The zero-order valence-corrected chi connectivity index (χ0v) is 15.0. The molecule has 6 nitrogen and oxygen atoms in total. The Balaban J connectivity index is 2.08. The van der Waals surface area contributed by atoms with Gasteiger partial charge in [-0.25, -0.2) is 0 Å². The fraction of sp³-hybridized carbons (Fsp3) is 0.368. The van der Waals surface area contributed by atoms with Crippen molar-refractivity contribution in [2.24, 2.45) is 5.92 Å². The molecule has 0 atom stereocenters. The van der Waals surface area contributed by atoms with E-state index in [0.29, 0.717) is 23.3 Å². The number of benzene rings is 1. The van der Waals surface area contributed by atoms with Crippen LogP contribution in [0.3, 0.4) is 0 Å². The highest BCUT2D eigenvalue weighted by Crippen LogP contribution is 2.24. The van der Waals surface area contributed by atoms with E-state index in [9.17, 15) is 10.0 Å². The average Bonchev–Trinajstić information content (AvgIpc) is 2.96. The zero-order chi connectivity index (χ0) is 18.1. The quantitative estimate of drug-likeness (QED) is 0.552. The maximum absolute atomic E-state index is 12.6. The maximum atomic E-state index is 12.6. The van der Waals surface area contributed by atoms with Crippen molar-refractivity contribution in [3.8, 4) is 5.88 Å². The number of nitrogens with zero attached hydrogens (tertiary/aromatic N) is 1. The van der Waals surface area contributed by atoms with E-state index < -0.39 is 0 Å². The number of methoxy groups -OCH3 is 1.